The standard InChI is InChI=1S/C24H32F5NO7S.C19H32O2/c1-4-22(2,3)20(31)35-16-12-7-5-6-8-13-17-36-21(32)24(28,29)38(33,34)37-30-19(23(25,26)27)18-14-10-9-11-15-18;1-6-18(4,5)17(20)21-19(12(2)3)15-8-13-7-14(10-15)11-16(19)9-13/h9-11,14-15H,4-8,12-13,16-17H2,1-3H3;12-16H,6-11H2,1-5H3/b30-19+;. The van der Waals surface area contributed by atoms with Gasteiger partial charge in [0.2, 0.25) is 0 Å². The van der Waals surface area contributed by atoms with E-state index in [1.54, 1.807) is 13.8 Å². The molecule has 0 atom stereocenters. The lowest BCUT2D eigenvalue weighted by Crippen LogP contribution is -2.63. The maximum Gasteiger partial charge on any atom is 0.478 e. The van der Waals surface area contributed by atoms with Gasteiger partial charge in [-0.25, -0.2) is 4.79 Å². The number of benzene rings is 1. The fraction of sp³-hybridized carbons (Fsp3) is 0.767. The van der Waals surface area contributed by atoms with Gasteiger partial charge < -0.3 is 14.2 Å². The molecule has 0 amide bonds. The SMILES string of the molecule is CCC(C)(C)C(=O)OC1(C(C)C)C2CC3CC(C2)CC1C3.CCC(C)(C)C(=O)OCCCCCCCCOC(=O)C(F)(F)S(=O)(=O)O/N=C(\c1ccccc1)C(F)(F)F. The lowest BCUT2D eigenvalue weighted by molar-refractivity contribution is -0.231. The lowest BCUT2D eigenvalue weighted by atomic mass is 9.47. The maximum absolute atomic E-state index is 14.1. The number of carbonyl (C=O) groups is 3. The number of hydrogen-bond donors (Lipinski definition) is 0. The van der Waals surface area contributed by atoms with E-state index < -0.39 is 50.8 Å². The van der Waals surface area contributed by atoms with Crippen LogP contribution in [0.15, 0.2) is 35.5 Å². The van der Waals surface area contributed by atoms with Crippen LogP contribution >= 0.6 is 0 Å². The molecule has 0 aliphatic heterocycles. The summed E-state index contributed by atoms with van der Waals surface area (Å²) in [5.41, 5.74) is -3.58. The zero-order valence-electron chi connectivity index (χ0n) is 35.8. The number of unbranched alkanes of at least 4 members (excludes halogenated alkanes) is 5. The Hall–Kier alpha value is -3.30. The topological polar surface area (TPSA) is 135 Å². The minimum Gasteiger partial charge on any atom is -0.465 e. The molecule has 4 saturated carbocycles. The third-order valence-corrected chi connectivity index (χ3v) is 13.6. The van der Waals surface area contributed by atoms with Gasteiger partial charge in [0.05, 0.1) is 24.0 Å². The molecule has 10 nitrogen and oxygen atoms in total. The van der Waals surface area contributed by atoms with E-state index in [1.807, 2.05) is 20.8 Å². The van der Waals surface area contributed by atoms with Crippen LogP contribution in [0, 0.1) is 40.4 Å². The minimum atomic E-state index is -6.23. The summed E-state index contributed by atoms with van der Waals surface area (Å²) < 4.78 is 111. The van der Waals surface area contributed by atoms with Crippen LogP contribution in [0.4, 0.5) is 22.0 Å². The van der Waals surface area contributed by atoms with Gasteiger partial charge in [0, 0.05) is 5.56 Å². The van der Waals surface area contributed by atoms with E-state index in [4.69, 9.17) is 9.47 Å². The van der Waals surface area contributed by atoms with Crippen molar-refractivity contribution in [1.29, 1.82) is 0 Å². The normalized spacial score (nSPS) is 23.3. The number of alkyl halides is 5. The number of halogens is 5. The third kappa shape index (κ3) is 12.6. The second-order valence-corrected chi connectivity index (χ2v) is 19.5. The average molecular weight is 866 g/mol. The first-order valence-corrected chi connectivity index (χ1v) is 22.4. The second-order valence-electron chi connectivity index (χ2n) is 17.9. The second kappa shape index (κ2) is 20.5. The quantitative estimate of drug-likeness (QED) is 0.0313. The highest BCUT2D eigenvalue weighted by Crippen LogP contribution is 2.62. The van der Waals surface area contributed by atoms with Gasteiger partial charge in [0.25, 0.3) is 0 Å². The van der Waals surface area contributed by atoms with Crippen LogP contribution in [0.25, 0.3) is 0 Å². The molecule has 0 N–H and O–H groups in total. The molecular formula is C43H64F5NO9S. The molecule has 4 bridgehead atoms. The molecule has 0 aromatic heterocycles. The number of esters is 3. The summed E-state index contributed by atoms with van der Waals surface area (Å²) in [6.45, 7) is 15.9. The molecule has 0 radical (unpaired) electrons. The van der Waals surface area contributed by atoms with Gasteiger partial charge in [-0.1, -0.05) is 88.9 Å². The van der Waals surface area contributed by atoms with Gasteiger partial charge in [-0.3, -0.25) is 13.9 Å². The number of nitrogens with zero attached hydrogens (tertiary/aromatic N) is 1. The maximum atomic E-state index is 14.1. The first kappa shape index (κ1) is 50.1. The van der Waals surface area contributed by atoms with Crippen molar-refractivity contribution in [1.82, 2.24) is 0 Å². The predicted molar refractivity (Wildman–Crippen MR) is 212 cm³/mol. The smallest absolute Gasteiger partial charge is 0.465 e. The van der Waals surface area contributed by atoms with Gasteiger partial charge in [0.1, 0.15) is 5.60 Å². The Balaban J connectivity index is 0.000000368. The van der Waals surface area contributed by atoms with Gasteiger partial charge in [-0.2, -0.15) is 30.4 Å². The predicted octanol–water partition coefficient (Wildman–Crippen LogP) is 10.6. The minimum absolute atomic E-state index is 0.0335. The molecular weight excluding hydrogens is 802 g/mol. The van der Waals surface area contributed by atoms with Crippen molar-refractivity contribution in [3.63, 3.8) is 0 Å². The molecule has 1 aromatic rings. The van der Waals surface area contributed by atoms with Crippen LogP contribution in [-0.4, -0.2) is 62.3 Å². The Morgan fingerprint density at radius 1 is 0.712 bits per heavy atom. The van der Waals surface area contributed by atoms with Crippen LogP contribution in [0.2, 0.25) is 0 Å². The van der Waals surface area contributed by atoms with Crippen molar-refractivity contribution in [3.8, 4) is 0 Å². The molecule has 0 unspecified atom stereocenters. The summed E-state index contributed by atoms with van der Waals surface area (Å²) in [6, 6.07) is 5.56. The molecule has 0 saturated heterocycles. The van der Waals surface area contributed by atoms with Crippen molar-refractivity contribution in [2.75, 3.05) is 13.2 Å². The van der Waals surface area contributed by atoms with Crippen molar-refractivity contribution in [2.24, 2.45) is 45.6 Å². The van der Waals surface area contributed by atoms with E-state index in [9.17, 15) is 44.8 Å². The zero-order valence-corrected chi connectivity index (χ0v) is 36.6. The summed E-state index contributed by atoms with van der Waals surface area (Å²) in [4.78, 5) is 36.3. The zero-order chi connectivity index (χ0) is 44.5. The van der Waals surface area contributed by atoms with Crippen LogP contribution in [0.1, 0.15) is 144 Å². The Kier molecular flexibility index (Phi) is 17.4. The number of ether oxygens (including phenoxy) is 3. The van der Waals surface area contributed by atoms with Gasteiger partial charge in [-0.15, -0.1) is 0 Å². The first-order chi connectivity index (χ1) is 27.4. The summed E-state index contributed by atoms with van der Waals surface area (Å²) in [5.74, 6) is 0.771. The Morgan fingerprint density at radius 3 is 1.59 bits per heavy atom. The number of carbonyl (C=O) groups excluding carboxylic acids is 3. The number of hydrogen-bond acceptors (Lipinski definition) is 10. The Morgan fingerprint density at radius 2 is 1.15 bits per heavy atom. The Labute approximate surface area is 346 Å². The van der Waals surface area contributed by atoms with Crippen LogP contribution in [0.3, 0.4) is 0 Å². The van der Waals surface area contributed by atoms with E-state index in [0.717, 1.165) is 43.2 Å². The van der Waals surface area contributed by atoms with Crippen molar-refractivity contribution in [2.45, 2.75) is 156 Å². The lowest BCUT2D eigenvalue weighted by Gasteiger charge is -2.62. The molecule has 1 aromatic carbocycles. The largest absolute Gasteiger partial charge is 0.478 e. The summed E-state index contributed by atoms with van der Waals surface area (Å²) >= 11 is 0. The molecule has 0 spiro atoms. The molecule has 4 aliphatic carbocycles. The van der Waals surface area contributed by atoms with Gasteiger partial charge in [0.15, 0.2) is 5.71 Å². The van der Waals surface area contributed by atoms with Gasteiger partial charge in [-0.05, 0) is 115 Å². The number of oxime groups is 1. The molecule has 336 valence electrons. The van der Waals surface area contributed by atoms with Crippen molar-refractivity contribution in [3.05, 3.63) is 35.9 Å². The van der Waals surface area contributed by atoms with Crippen molar-refractivity contribution >= 4 is 33.7 Å². The fourth-order valence-electron chi connectivity index (χ4n) is 8.36. The molecule has 59 heavy (non-hydrogen) atoms. The highest BCUT2D eigenvalue weighted by molar-refractivity contribution is 7.88. The first-order valence-electron chi connectivity index (χ1n) is 20.9. The monoisotopic (exact) mass is 865 g/mol. The summed E-state index contributed by atoms with van der Waals surface area (Å²) in [5, 5.41) is -2.93. The van der Waals surface area contributed by atoms with E-state index in [0.29, 0.717) is 43.4 Å². The summed E-state index contributed by atoms with van der Waals surface area (Å²) in [6.07, 6.45) is 6.30. The van der Waals surface area contributed by atoms with Crippen LogP contribution in [0.5, 0.6) is 0 Å². The molecule has 16 heteroatoms. The highest BCUT2D eigenvalue weighted by atomic mass is 32.2. The molecule has 4 aliphatic rings. The molecule has 5 rings (SSSR count). The van der Waals surface area contributed by atoms with Crippen LogP contribution < -0.4 is 0 Å². The van der Waals surface area contributed by atoms with E-state index in [2.05, 4.69) is 34.9 Å². The van der Waals surface area contributed by atoms with Gasteiger partial charge >= 0.3 is 39.5 Å². The number of rotatable bonds is 20. The summed E-state index contributed by atoms with van der Waals surface area (Å²) in [7, 11) is -6.23. The molecule has 0 heterocycles. The van der Waals surface area contributed by atoms with Crippen molar-refractivity contribution < 1.29 is 63.2 Å². The van der Waals surface area contributed by atoms with E-state index >= 15 is 0 Å². The average Bonchev–Trinajstić information content (AvgIpc) is 3.16. The van der Waals surface area contributed by atoms with E-state index in [1.165, 1.54) is 50.3 Å². The molecule has 4 fully saturated rings. The third-order valence-electron chi connectivity index (χ3n) is 12.6. The fourth-order valence-corrected chi connectivity index (χ4v) is 8.88. The highest BCUT2D eigenvalue weighted by Gasteiger charge is 2.61. The Bertz CT molecular complexity index is 1670. The van der Waals surface area contributed by atoms with E-state index in [-0.39, 0.29) is 36.0 Å². The van der Waals surface area contributed by atoms with Crippen LogP contribution in [-0.2, 0) is 43.0 Å².